The topological polar surface area (TPSA) is 87.3 Å². The molecule has 0 aliphatic heterocycles. The highest BCUT2D eigenvalue weighted by atomic mass is 16.5. The Morgan fingerprint density at radius 1 is 1.16 bits per heavy atom. The van der Waals surface area contributed by atoms with E-state index in [0.29, 0.717) is 18.2 Å². The smallest absolute Gasteiger partial charge is 0.358 e. The fourth-order valence-corrected chi connectivity index (χ4v) is 1.40. The number of benzene rings is 1. The second-order valence-corrected chi connectivity index (χ2v) is 3.70. The number of esters is 1. The van der Waals surface area contributed by atoms with Crippen LogP contribution in [-0.4, -0.2) is 23.3 Å². The first kappa shape index (κ1) is 13.0. The summed E-state index contributed by atoms with van der Waals surface area (Å²) < 4.78 is 10.0. The van der Waals surface area contributed by atoms with Crippen LogP contribution in [0.2, 0.25) is 0 Å². The van der Waals surface area contributed by atoms with Gasteiger partial charge < -0.3 is 15.2 Å². The molecule has 0 spiro atoms. The van der Waals surface area contributed by atoms with Gasteiger partial charge in [-0.1, -0.05) is 12.1 Å². The Kier molecular flexibility index (Phi) is 4.04. The third-order valence-corrected chi connectivity index (χ3v) is 2.42. The van der Waals surface area contributed by atoms with Gasteiger partial charge in [-0.3, -0.25) is 0 Å². The molecule has 0 aliphatic rings. The van der Waals surface area contributed by atoms with Crippen molar-refractivity contribution < 1.29 is 14.3 Å². The molecule has 0 fully saturated rings. The van der Waals surface area contributed by atoms with Crippen LogP contribution in [0.4, 0.5) is 0 Å². The zero-order valence-corrected chi connectivity index (χ0v) is 10.4. The van der Waals surface area contributed by atoms with E-state index in [9.17, 15) is 4.79 Å². The summed E-state index contributed by atoms with van der Waals surface area (Å²) in [5.41, 5.74) is 6.65. The lowest BCUT2D eigenvalue weighted by Crippen LogP contribution is -2.05. The van der Waals surface area contributed by atoms with E-state index in [1.54, 1.807) is 18.2 Å². The monoisotopic (exact) mass is 259 g/mol. The summed E-state index contributed by atoms with van der Waals surface area (Å²) in [6.07, 6.45) is 0. The van der Waals surface area contributed by atoms with Crippen LogP contribution < -0.4 is 10.5 Å². The van der Waals surface area contributed by atoms with E-state index >= 15 is 0 Å². The lowest BCUT2D eigenvalue weighted by atomic mass is 10.2. The highest BCUT2D eigenvalue weighted by molar-refractivity contribution is 5.86. The molecular weight excluding hydrogens is 246 g/mol. The standard InChI is InChI=1S/C13H13N3O3/c1-18-13(17)11-6-7-12(16-15-11)19-10-4-2-9(8-14)3-5-10/h2-7H,8,14H2,1H3. The van der Waals surface area contributed by atoms with Gasteiger partial charge in [-0.05, 0) is 23.8 Å². The number of hydrogen-bond acceptors (Lipinski definition) is 6. The van der Waals surface area contributed by atoms with Crippen molar-refractivity contribution in [2.45, 2.75) is 6.54 Å². The summed E-state index contributed by atoms with van der Waals surface area (Å²) in [5, 5.41) is 7.50. The molecule has 0 atom stereocenters. The number of hydrogen-bond donors (Lipinski definition) is 1. The molecule has 0 bridgehead atoms. The van der Waals surface area contributed by atoms with Crippen LogP contribution in [-0.2, 0) is 11.3 Å². The summed E-state index contributed by atoms with van der Waals surface area (Å²) in [6, 6.07) is 10.4. The van der Waals surface area contributed by atoms with E-state index in [1.807, 2.05) is 12.1 Å². The van der Waals surface area contributed by atoms with Gasteiger partial charge in [0.05, 0.1) is 7.11 Å². The van der Waals surface area contributed by atoms with E-state index in [1.165, 1.54) is 13.2 Å². The quantitative estimate of drug-likeness (QED) is 0.837. The average Bonchev–Trinajstić information content (AvgIpc) is 2.48. The Bertz CT molecular complexity index is 552. The van der Waals surface area contributed by atoms with Gasteiger partial charge in [-0.2, -0.15) is 0 Å². The number of carbonyl (C=O) groups excluding carboxylic acids is 1. The molecule has 1 heterocycles. The zero-order valence-electron chi connectivity index (χ0n) is 10.4. The van der Waals surface area contributed by atoms with Gasteiger partial charge >= 0.3 is 5.97 Å². The number of carbonyl (C=O) groups is 1. The SMILES string of the molecule is COC(=O)c1ccc(Oc2ccc(CN)cc2)nn1. The summed E-state index contributed by atoms with van der Waals surface area (Å²) in [6.45, 7) is 0.480. The maximum Gasteiger partial charge on any atom is 0.358 e. The largest absolute Gasteiger partial charge is 0.464 e. The van der Waals surface area contributed by atoms with Crippen molar-refractivity contribution in [1.82, 2.24) is 10.2 Å². The van der Waals surface area contributed by atoms with E-state index in [2.05, 4.69) is 14.9 Å². The minimum atomic E-state index is -0.536. The van der Waals surface area contributed by atoms with Gasteiger partial charge in [-0.15, -0.1) is 10.2 Å². The molecule has 98 valence electrons. The first-order chi connectivity index (χ1) is 9.22. The van der Waals surface area contributed by atoms with Crippen LogP contribution in [0.5, 0.6) is 11.6 Å². The number of rotatable bonds is 4. The molecular formula is C13H13N3O3. The molecule has 0 radical (unpaired) electrons. The Balaban J connectivity index is 2.08. The zero-order chi connectivity index (χ0) is 13.7. The van der Waals surface area contributed by atoms with E-state index < -0.39 is 5.97 Å². The lowest BCUT2D eigenvalue weighted by Gasteiger charge is -2.05. The first-order valence-corrected chi connectivity index (χ1v) is 5.62. The molecule has 1 aromatic heterocycles. The van der Waals surface area contributed by atoms with Crippen molar-refractivity contribution >= 4 is 5.97 Å². The lowest BCUT2D eigenvalue weighted by molar-refractivity contribution is 0.0592. The van der Waals surface area contributed by atoms with Crippen molar-refractivity contribution in [2.24, 2.45) is 5.73 Å². The summed E-state index contributed by atoms with van der Waals surface area (Å²) >= 11 is 0. The van der Waals surface area contributed by atoms with Crippen LogP contribution >= 0.6 is 0 Å². The molecule has 0 saturated heterocycles. The second kappa shape index (κ2) is 5.92. The molecule has 6 nitrogen and oxygen atoms in total. The molecule has 0 amide bonds. The van der Waals surface area contributed by atoms with E-state index in [-0.39, 0.29) is 5.69 Å². The Morgan fingerprint density at radius 2 is 1.89 bits per heavy atom. The summed E-state index contributed by atoms with van der Waals surface area (Å²) in [4.78, 5) is 11.2. The normalized spacial score (nSPS) is 10.0. The fraction of sp³-hybridized carbons (Fsp3) is 0.154. The van der Waals surface area contributed by atoms with Crippen molar-refractivity contribution in [1.29, 1.82) is 0 Å². The molecule has 0 unspecified atom stereocenters. The molecule has 19 heavy (non-hydrogen) atoms. The van der Waals surface area contributed by atoms with Gasteiger partial charge in [-0.25, -0.2) is 4.79 Å². The third kappa shape index (κ3) is 3.26. The van der Waals surface area contributed by atoms with Crippen LogP contribution in [0.3, 0.4) is 0 Å². The van der Waals surface area contributed by atoms with Crippen molar-refractivity contribution in [3.8, 4) is 11.6 Å². The third-order valence-electron chi connectivity index (χ3n) is 2.42. The Morgan fingerprint density at radius 3 is 2.42 bits per heavy atom. The van der Waals surface area contributed by atoms with Crippen molar-refractivity contribution in [3.63, 3.8) is 0 Å². The number of nitrogens with zero attached hydrogens (tertiary/aromatic N) is 2. The van der Waals surface area contributed by atoms with Gasteiger partial charge in [0.15, 0.2) is 5.69 Å². The van der Waals surface area contributed by atoms with Crippen LogP contribution in [0.1, 0.15) is 16.1 Å². The Labute approximate surface area is 110 Å². The van der Waals surface area contributed by atoms with E-state index in [4.69, 9.17) is 10.5 Å². The van der Waals surface area contributed by atoms with Crippen LogP contribution in [0.15, 0.2) is 36.4 Å². The fourth-order valence-electron chi connectivity index (χ4n) is 1.40. The molecule has 2 rings (SSSR count). The average molecular weight is 259 g/mol. The van der Waals surface area contributed by atoms with Crippen LogP contribution in [0, 0.1) is 0 Å². The van der Waals surface area contributed by atoms with Crippen LogP contribution in [0.25, 0.3) is 0 Å². The number of aromatic nitrogens is 2. The second-order valence-electron chi connectivity index (χ2n) is 3.70. The maximum absolute atomic E-state index is 11.2. The molecule has 6 heteroatoms. The number of methoxy groups -OCH3 is 1. The highest BCUT2D eigenvalue weighted by Crippen LogP contribution is 2.19. The molecule has 1 aromatic carbocycles. The van der Waals surface area contributed by atoms with Gasteiger partial charge in [0.2, 0.25) is 5.88 Å². The molecule has 0 aliphatic carbocycles. The maximum atomic E-state index is 11.2. The van der Waals surface area contributed by atoms with Crippen molar-refractivity contribution in [2.75, 3.05) is 7.11 Å². The number of ether oxygens (including phenoxy) is 2. The minimum absolute atomic E-state index is 0.133. The first-order valence-electron chi connectivity index (χ1n) is 5.62. The molecule has 2 N–H and O–H groups in total. The van der Waals surface area contributed by atoms with Gasteiger partial charge in [0.1, 0.15) is 5.75 Å². The highest BCUT2D eigenvalue weighted by Gasteiger charge is 2.08. The molecule has 0 saturated carbocycles. The van der Waals surface area contributed by atoms with Gasteiger partial charge in [0.25, 0.3) is 0 Å². The van der Waals surface area contributed by atoms with Gasteiger partial charge in [0, 0.05) is 12.6 Å². The summed E-state index contributed by atoms with van der Waals surface area (Å²) in [7, 11) is 1.29. The predicted octanol–water partition coefficient (Wildman–Crippen LogP) is 1.51. The minimum Gasteiger partial charge on any atom is -0.464 e. The predicted molar refractivity (Wildman–Crippen MR) is 67.8 cm³/mol. The number of nitrogens with two attached hydrogens (primary N) is 1. The summed E-state index contributed by atoms with van der Waals surface area (Å²) in [5.74, 6) is 0.386. The molecule has 2 aromatic rings. The van der Waals surface area contributed by atoms with Crippen molar-refractivity contribution in [3.05, 3.63) is 47.7 Å². The van der Waals surface area contributed by atoms with E-state index in [0.717, 1.165) is 5.56 Å². The Hall–Kier alpha value is -2.47.